The normalized spacial score (nSPS) is 16.3. The summed E-state index contributed by atoms with van der Waals surface area (Å²) in [4.78, 5) is 15.9. The maximum atomic E-state index is 13.5. The molecule has 1 aliphatic rings. The molecule has 0 radical (unpaired) electrons. The molecule has 0 bridgehead atoms. The van der Waals surface area contributed by atoms with Crippen molar-refractivity contribution in [2.24, 2.45) is 0 Å². The zero-order valence-electron chi connectivity index (χ0n) is 14.6. The number of piperazine rings is 1. The molecule has 6 heteroatoms. The van der Waals surface area contributed by atoms with Crippen LogP contribution in [0.4, 0.5) is 9.18 Å². The minimum atomic E-state index is -0.334. The Morgan fingerprint density at radius 3 is 2.46 bits per heavy atom. The summed E-state index contributed by atoms with van der Waals surface area (Å²) < 4.78 is 18.8. The highest BCUT2D eigenvalue weighted by Crippen LogP contribution is 2.22. The lowest BCUT2D eigenvalue weighted by Gasteiger charge is -2.38. The van der Waals surface area contributed by atoms with Gasteiger partial charge in [-0.05, 0) is 23.3 Å². The van der Waals surface area contributed by atoms with Crippen LogP contribution >= 0.6 is 0 Å². The number of rotatable bonds is 5. The zero-order chi connectivity index (χ0) is 18.4. The molecule has 138 valence electrons. The van der Waals surface area contributed by atoms with E-state index in [0.717, 1.165) is 11.1 Å². The molecule has 1 aliphatic heterocycles. The van der Waals surface area contributed by atoms with Crippen molar-refractivity contribution in [1.29, 1.82) is 0 Å². The van der Waals surface area contributed by atoms with Crippen LogP contribution in [0.2, 0.25) is 0 Å². The number of aliphatic hydroxyl groups is 1. The van der Waals surface area contributed by atoms with Gasteiger partial charge in [-0.1, -0.05) is 42.5 Å². The van der Waals surface area contributed by atoms with Crippen molar-refractivity contribution in [3.63, 3.8) is 0 Å². The first-order valence-electron chi connectivity index (χ1n) is 8.73. The molecule has 1 amide bonds. The number of benzene rings is 2. The largest absolute Gasteiger partial charge is 0.445 e. The number of hydrogen-bond acceptors (Lipinski definition) is 4. The van der Waals surface area contributed by atoms with Crippen molar-refractivity contribution in [2.45, 2.75) is 12.6 Å². The van der Waals surface area contributed by atoms with E-state index in [1.54, 1.807) is 11.0 Å². The molecular weight excluding hydrogens is 335 g/mol. The van der Waals surface area contributed by atoms with E-state index < -0.39 is 0 Å². The fraction of sp³-hybridized carbons (Fsp3) is 0.350. The van der Waals surface area contributed by atoms with E-state index in [0.29, 0.717) is 26.2 Å². The van der Waals surface area contributed by atoms with Crippen LogP contribution in [0.25, 0.3) is 0 Å². The second kappa shape index (κ2) is 8.78. The summed E-state index contributed by atoms with van der Waals surface area (Å²) in [7, 11) is 0. The summed E-state index contributed by atoms with van der Waals surface area (Å²) in [5, 5.41) is 9.74. The van der Waals surface area contributed by atoms with Gasteiger partial charge in [-0.15, -0.1) is 0 Å². The van der Waals surface area contributed by atoms with Gasteiger partial charge in [0.05, 0.1) is 12.6 Å². The van der Waals surface area contributed by atoms with Crippen molar-refractivity contribution in [3.05, 3.63) is 71.5 Å². The quantitative estimate of drug-likeness (QED) is 0.893. The Hall–Kier alpha value is -2.44. The Morgan fingerprint density at radius 2 is 1.81 bits per heavy atom. The Balaban J connectivity index is 1.52. The smallest absolute Gasteiger partial charge is 0.410 e. The lowest BCUT2D eigenvalue weighted by molar-refractivity contribution is 0.0465. The molecule has 3 rings (SSSR count). The van der Waals surface area contributed by atoms with Gasteiger partial charge in [0.1, 0.15) is 12.4 Å². The Morgan fingerprint density at radius 1 is 1.08 bits per heavy atom. The van der Waals surface area contributed by atoms with E-state index in [-0.39, 0.29) is 31.2 Å². The van der Waals surface area contributed by atoms with Crippen molar-refractivity contribution in [1.82, 2.24) is 9.80 Å². The third-order valence-electron chi connectivity index (χ3n) is 4.62. The minimum Gasteiger partial charge on any atom is -0.445 e. The van der Waals surface area contributed by atoms with Gasteiger partial charge >= 0.3 is 6.09 Å². The Bertz CT molecular complexity index is 718. The lowest BCUT2D eigenvalue weighted by atomic mass is 10.0. The number of hydrogen-bond donors (Lipinski definition) is 1. The summed E-state index contributed by atoms with van der Waals surface area (Å²) in [6, 6.07) is 15.6. The van der Waals surface area contributed by atoms with Gasteiger partial charge in [0, 0.05) is 26.2 Å². The van der Waals surface area contributed by atoms with Crippen molar-refractivity contribution < 1.29 is 19.0 Å². The van der Waals surface area contributed by atoms with Crippen LogP contribution in [0.15, 0.2) is 54.6 Å². The average molecular weight is 358 g/mol. The molecule has 1 atom stereocenters. The predicted molar refractivity (Wildman–Crippen MR) is 96.0 cm³/mol. The maximum Gasteiger partial charge on any atom is 0.410 e. The molecule has 1 fully saturated rings. The molecule has 1 heterocycles. The molecule has 0 aromatic heterocycles. The second-order valence-electron chi connectivity index (χ2n) is 6.32. The third kappa shape index (κ3) is 4.59. The van der Waals surface area contributed by atoms with Crippen LogP contribution in [0.1, 0.15) is 17.2 Å². The summed E-state index contributed by atoms with van der Waals surface area (Å²) in [5.41, 5.74) is 1.69. The first kappa shape index (κ1) is 18.4. The second-order valence-corrected chi connectivity index (χ2v) is 6.32. The standard InChI is InChI=1S/C20H23FN2O3/c21-18-8-4-7-17(13-18)19(14-24)22-9-11-23(12-10-22)20(25)26-15-16-5-2-1-3-6-16/h1-8,13,19,24H,9-12,14-15H2. The van der Waals surface area contributed by atoms with Gasteiger partial charge < -0.3 is 14.7 Å². The number of carbonyl (C=O) groups is 1. The molecule has 0 aliphatic carbocycles. The minimum absolute atomic E-state index is 0.0953. The number of ether oxygens (including phenoxy) is 1. The summed E-state index contributed by atoms with van der Waals surface area (Å²) in [6.45, 7) is 2.38. The van der Waals surface area contributed by atoms with E-state index in [2.05, 4.69) is 4.90 Å². The number of halogens is 1. The van der Waals surface area contributed by atoms with Gasteiger partial charge in [0.25, 0.3) is 0 Å². The first-order chi connectivity index (χ1) is 12.7. The van der Waals surface area contributed by atoms with Crippen molar-refractivity contribution in [3.8, 4) is 0 Å². The molecule has 1 N–H and O–H groups in total. The van der Waals surface area contributed by atoms with Crippen LogP contribution in [0, 0.1) is 5.82 Å². The highest BCUT2D eigenvalue weighted by molar-refractivity contribution is 5.67. The summed E-state index contributed by atoms with van der Waals surface area (Å²) >= 11 is 0. The van der Waals surface area contributed by atoms with Gasteiger partial charge in [-0.3, -0.25) is 4.90 Å². The van der Waals surface area contributed by atoms with Crippen LogP contribution in [0.5, 0.6) is 0 Å². The number of nitrogens with zero attached hydrogens (tertiary/aromatic N) is 2. The SMILES string of the molecule is O=C(OCc1ccccc1)N1CCN(C(CO)c2cccc(F)c2)CC1. The molecule has 2 aromatic carbocycles. The molecular formula is C20H23FN2O3. The number of amides is 1. The van der Waals surface area contributed by atoms with Gasteiger partial charge in [0.2, 0.25) is 0 Å². The zero-order valence-corrected chi connectivity index (χ0v) is 14.6. The van der Waals surface area contributed by atoms with Gasteiger partial charge in [-0.25, -0.2) is 9.18 Å². The van der Waals surface area contributed by atoms with Gasteiger partial charge in [-0.2, -0.15) is 0 Å². The molecule has 1 saturated heterocycles. The van der Waals surface area contributed by atoms with Crippen molar-refractivity contribution >= 4 is 6.09 Å². The summed E-state index contributed by atoms with van der Waals surface area (Å²) in [6.07, 6.45) is -0.334. The van der Waals surface area contributed by atoms with Crippen LogP contribution in [0.3, 0.4) is 0 Å². The first-order valence-corrected chi connectivity index (χ1v) is 8.73. The number of carbonyl (C=O) groups excluding carboxylic acids is 1. The molecule has 0 spiro atoms. The van der Waals surface area contributed by atoms with Crippen LogP contribution in [-0.2, 0) is 11.3 Å². The van der Waals surface area contributed by atoms with E-state index in [4.69, 9.17) is 4.74 Å². The van der Waals surface area contributed by atoms with E-state index in [1.807, 2.05) is 36.4 Å². The molecule has 0 saturated carbocycles. The number of aliphatic hydroxyl groups excluding tert-OH is 1. The highest BCUT2D eigenvalue weighted by atomic mass is 19.1. The topological polar surface area (TPSA) is 53.0 Å². The van der Waals surface area contributed by atoms with E-state index in [1.165, 1.54) is 12.1 Å². The Labute approximate surface area is 152 Å². The maximum absolute atomic E-state index is 13.5. The molecule has 2 aromatic rings. The molecule has 26 heavy (non-hydrogen) atoms. The van der Waals surface area contributed by atoms with Gasteiger partial charge in [0.15, 0.2) is 0 Å². The fourth-order valence-electron chi connectivity index (χ4n) is 3.17. The molecule has 5 nitrogen and oxygen atoms in total. The summed E-state index contributed by atoms with van der Waals surface area (Å²) in [5.74, 6) is -0.316. The van der Waals surface area contributed by atoms with Crippen LogP contribution < -0.4 is 0 Å². The van der Waals surface area contributed by atoms with Crippen LogP contribution in [-0.4, -0.2) is 53.8 Å². The third-order valence-corrected chi connectivity index (χ3v) is 4.62. The monoisotopic (exact) mass is 358 g/mol. The molecule has 1 unspecified atom stereocenters. The Kier molecular flexibility index (Phi) is 6.20. The average Bonchev–Trinajstić information content (AvgIpc) is 2.68. The highest BCUT2D eigenvalue weighted by Gasteiger charge is 2.27. The van der Waals surface area contributed by atoms with Crippen molar-refractivity contribution in [2.75, 3.05) is 32.8 Å². The van der Waals surface area contributed by atoms with E-state index in [9.17, 15) is 14.3 Å². The predicted octanol–water partition coefficient (Wildman–Crippen LogP) is 2.81. The lowest BCUT2D eigenvalue weighted by Crippen LogP contribution is -2.50. The van der Waals surface area contributed by atoms with E-state index >= 15 is 0 Å². The fourth-order valence-corrected chi connectivity index (χ4v) is 3.17.